The summed E-state index contributed by atoms with van der Waals surface area (Å²) in [5, 5.41) is 6.59. The van der Waals surface area contributed by atoms with E-state index in [0.717, 1.165) is 17.6 Å². The summed E-state index contributed by atoms with van der Waals surface area (Å²) in [6, 6.07) is 15.1. The zero-order valence-electron chi connectivity index (χ0n) is 18.5. The number of nitrogens with zero attached hydrogens (tertiary/aromatic N) is 3. The smallest absolute Gasteiger partial charge is 0.255 e. The maximum absolute atomic E-state index is 12.1. The fraction of sp³-hybridized carbons (Fsp3) is 0.208. The Balaban J connectivity index is 1.53. The van der Waals surface area contributed by atoms with E-state index in [-0.39, 0.29) is 5.91 Å². The van der Waals surface area contributed by atoms with Gasteiger partial charge in [-0.2, -0.15) is 4.98 Å². The van der Waals surface area contributed by atoms with Gasteiger partial charge in [-0.3, -0.25) is 4.79 Å². The third kappa shape index (κ3) is 4.70. The Morgan fingerprint density at radius 3 is 2.78 bits per heavy atom. The van der Waals surface area contributed by atoms with Crippen molar-refractivity contribution in [3.63, 3.8) is 0 Å². The van der Waals surface area contributed by atoms with Gasteiger partial charge in [0.2, 0.25) is 11.8 Å². The molecule has 1 amide bonds. The highest BCUT2D eigenvalue weighted by atomic mass is 16.5. The number of anilines is 2. The number of amides is 1. The highest BCUT2D eigenvalue weighted by Gasteiger charge is 2.17. The maximum atomic E-state index is 12.1. The van der Waals surface area contributed by atoms with E-state index in [0.29, 0.717) is 34.5 Å². The van der Waals surface area contributed by atoms with E-state index in [4.69, 9.17) is 9.15 Å². The molecule has 0 bridgehead atoms. The number of nitrogens with one attached hydrogen (secondary N) is 2. The van der Waals surface area contributed by atoms with E-state index in [1.807, 2.05) is 32.3 Å². The van der Waals surface area contributed by atoms with Crippen molar-refractivity contribution in [3.05, 3.63) is 71.6 Å². The molecule has 0 unspecified atom stereocenters. The van der Waals surface area contributed by atoms with Crippen LogP contribution in [0.25, 0.3) is 11.0 Å². The minimum absolute atomic E-state index is 0.184. The van der Waals surface area contributed by atoms with E-state index >= 15 is 0 Å². The topological polar surface area (TPSA) is 92.5 Å². The number of aryl methyl sites for hydroxylation is 1. The zero-order chi connectivity index (χ0) is 22.7. The van der Waals surface area contributed by atoms with Crippen molar-refractivity contribution in [2.45, 2.75) is 13.5 Å². The molecule has 2 aromatic carbocycles. The van der Waals surface area contributed by atoms with Crippen LogP contribution in [0.15, 0.2) is 59.1 Å². The van der Waals surface area contributed by atoms with Crippen LogP contribution >= 0.6 is 0 Å². The summed E-state index contributed by atoms with van der Waals surface area (Å²) in [6.07, 6.45) is 1.63. The standard InChI is InChI=1S/C24H25N5O3/c1-15-22(23(30)25-2)19-9-8-18(13-20(19)31-15)32-21-10-11-26-24(28-21)27-17-7-5-6-16(12-17)14-29(3)4/h5-13H,14H2,1-4H3,(H,25,30)(H,26,27,28). The fourth-order valence-electron chi connectivity index (χ4n) is 3.49. The van der Waals surface area contributed by atoms with Crippen molar-refractivity contribution < 1.29 is 13.9 Å². The number of rotatable bonds is 7. The second-order valence-electron chi connectivity index (χ2n) is 7.65. The van der Waals surface area contributed by atoms with Crippen LogP contribution in [0.1, 0.15) is 21.7 Å². The number of benzene rings is 2. The Kier molecular flexibility index (Phi) is 6.04. The molecule has 0 atom stereocenters. The lowest BCUT2D eigenvalue weighted by Crippen LogP contribution is -2.18. The molecule has 0 aliphatic rings. The molecule has 0 aliphatic carbocycles. The predicted octanol–water partition coefficient (Wildman–Crippen LogP) is 4.49. The van der Waals surface area contributed by atoms with Crippen molar-refractivity contribution in [3.8, 4) is 11.6 Å². The third-order valence-electron chi connectivity index (χ3n) is 4.83. The van der Waals surface area contributed by atoms with Gasteiger partial charge in [0.05, 0.1) is 5.56 Å². The van der Waals surface area contributed by atoms with Gasteiger partial charge in [-0.25, -0.2) is 4.98 Å². The number of hydrogen-bond acceptors (Lipinski definition) is 7. The molecular weight excluding hydrogens is 406 g/mol. The van der Waals surface area contributed by atoms with Crippen LogP contribution in [-0.2, 0) is 6.54 Å². The first-order chi connectivity index (χ1) is 15.4. The van der Waals surface area contributed by atoms with Crippen LogP contribution in [0.3, 0.4) is 0 Å². The second kappa shape index (κ2) is 9.07. The summed E-state index contributed by atoms with van der Waals surface area (Å²) >= 11 is 0. The van der Waals surface area contributed by atoms with Gasteiger partial charge in [0.15, 0.2) is 0 Å². The van der Waals surface area contributed by atoms with Crippen LogP contribution in [0.4, 0.5) is 11.6 Å². The van der Waals surface area contributed by atoms with E-state index < -0.39 is 0 Å². The summed E-state index contributed by atoms with van der Waals surface area (Å²) in [5.41, 5.74) is 3.18. The Morgan fingerprint density at radius 2 is 2.00 bits per heavy atom. The summed E-state index contributed by atoms with van der Waals surface area (Å²) in [4.78, 5) is 23.0. The van der Waals surface area contributed by atoms with Crippen LogP contribution < -0.4 is 15.4 Å². The highest BCUT2D eigenvalue weighted by molar-refractivity contribution is 6.07. The molecule has 8 nitrogen and oxygen atoms in total. The van der Waals surface area contributed by atoms with Crippen molar-refractivity contribution in [2.75, 3.05) is 26.5 Å². The second-order valence-corrected chi connectivity index (χ2v) is 7.65. The van der Waals surface area contributed by atoms with Gasteiger partial charge in [0, 0.05) is 43.0 Å². The van der Waals surface area contributed by atoms with Gasteiger partial charge in [-0.1, -0.05) is 12.1 Å². The monoisotopic (exact) mass is 431 g/mol. The lowest BCUT2D eigenvalue weighted by molar-refractivity contribution is 0.0963. The lowest BCUT2D eigenvalue weighted by atomic mass is 10.1. The molecular formula is C24H25N5O3. The molecule has 0 saturated carbocycles. The number of aromatic nitrogens is 2. The van der Waals surface area contributed by atoms with Crippen LogP contribution in [0.2, 0.25) is 0 Å². The van der Waals surface area contributed by atoms with Gasteiger partial charge in [0.1, 0.15) is 17.1 Å². The molecule has 0 fully saturated rings. The van der Waals surface area contributed by atoms with Crippen LogP contribution in [0, 0.1) is 6.92 Å². The van der Waals surface area contributed by atoms with Crippen molar-refractivity contribution in [2.24, 2.45) is 0 Å². The average Bonchev–Trinajstić information content (AvgIpc) is 3.08. The summed E-state index contributed by atoms with van der Waals surface area (Å²) < 4.78 is 11.7. The van der Waals surface area contributed by atoms with Gasteiger partial charge < -0.3 is 24.7 Å². The third-order valence-corrected chi connectivity index (χ3v) is 4.83. The Bertz CT molecular complexity index is 1270. The van der Waals surface area contributed by atoms with E-state index in [1.54, 1.807) is 38.4 Å². The molecule has 0 radical (unpaired) electrons. The molecule has 4 aromatic rings. The summed E-state index contributed by atoms with van der Waals surface area (Å²) in [7, 11) is 5.66. The molecule has 2 aromatic heterocycles. The minimum atomic E-state index is -0.184. The average molecular weight is 431 g/mol. The van der Waals surface area contributed by atoms with Gasteiger partial charge in [-0.05, 0) is 50.8 Å². The quantitative estimate of drug-likeness (QED) is 0.445. The first kappa shape index (κ1) is 21.3. The molecule has 8 heteroatoms. The van der Waals surface area contributed by atoms with Crippen molar-refractivity contribution in [1.29, 1.82) is 0 Å². The normalized spacial score (nSPS) is 11.0. The molecule has 2 N–H and O–H groups in total. The summed E-state index contributed by atoms with van der Waals surface area (Å²) in [5.74, 6) is 1.74. The molecule has 2 heterocycles. The van der Waals surface area contributed by atoms with E-state index in [2.05, 4.69) is 37.6 Å². The number of ether oxygens (including phenoxy) is 1. The maximum Gasteiger partial charge on any atom is 0.255 e. The largest absolute Gasteiger partial charge is 0.460 e. The fourth-order valence-corrected chi connectivity index (χ4v) is 3.49. The molecule has 32 heavy (non-hydrogen) atoms. The molecule has 0 aliphatic heterocycles. The first-order valence-corrected chi connectivity index (χ1v) is 10.2. The Morgan fingerprint density at radius 1 is 1.16 bits per heavy atom. The van der Waals surface area contributed by atoms with Gasteiger partial charge >= 0.3 is 0 Å². The van der Waals surface area contributed by atoms with Crippen molar-refractivity contribution in [1.82, 2.24) is 20.2 Å². The molecule has 0 saturated heterocycles. The molecule has 164 valence electrons. The highest BCUT2D eigenvalue weighted by Crippen LogP contribution is 2.30. The van der Waals surface area contributed by atoms with Gasteiger partial charge in [-0.15, -0.1) is 0 Å². The van der Waals surface area contributed by atoms with E-state index in [1.165, 1.54) is 5.56 Å². The summed E-state index contributed by atoms with van der Waals surface area (Å²) in [6.45, 7) is 2.61. The molecule has 4 rings (SSSR count). The Labute approximate surface area is 186 Å². The number of carbonyl (C=O) groups excluding carboxylic acids is 1. The SMILES string of the molecule is CNC(=O)c1c(C)oc2cc(Oc3ccnc(Nc4cccc(CN(C)C)c4)n3)ccc12. The number of hydrogen-bond donors (Lipinski definition) is 2. The lowest BCUT2D eigenvalue weighted by Gasteiger charge is -2.12. The van der Waals surface area contributed by atoms with Crippen LogP contribution in [0.5, 0.6) is 11.6 Å². The molecule has 0 spiro atoms. The van der Waals surface area contributed by atoms with Gasteiger partial charge in [0.25, 0.3) is 5.91 Å². The first-order valence-electron chi connectivity index (χ1n) is 10.2. The number of carbonyl (C=O) groups is 1. The van der Waals surface area contributed by atoms with Crippen molar-refractivity contribution >= 4 is 28.5 Å². The number of furan rings is 1. The number of fused-ring (bicyclic) bond motifs is 1. The minimum Gasteiger partial charge on any atom is -0.460 e. The van der Waals surface area contributed by atoms with Crippen LogP contribution in [-0.4, -0.2) is 41.9 Å². The van der Waals surface area contributed by atoms with E-state index in [9.17, 15) is 4.79 Å². The zero-order valence-corrected chi connectivity index (χ0v) is 18.5. The Hall–Kier alpha value is -3.91. The predicted molar refractivity (Wildman–Crippen MR) is 124 cm³/mol.